The zero-order valence-corrected chi connectivity index (χ0v) is 9.66. The van der Waals surface area contributed by atoms with Crippen molar-refractivity contribution in [2.24, 2.45) is 0 Å². The van der Waals surface area contributed by atoms with E-state index in [0.29, 0.717) is 24.3 Å². The molecule has 1 aromatic heterocycles. The summed E-state index contributed by atoms with van der Waals surface area (Å²) in [6.07, 6.45) is 1.64. The van der Waals surface area contributed by atoms with E-state index in [9.17, 15) is 4.79 Å². The van der Waals surface area contributed by atoms with Gasteiger partial charge >= 0.3 is 0 Å². The van der Waals surface area contributed by atoms with E-state index < -0.39 is 0 Å². The Morgan fingerprint density at radius 3 is 2.75 bits per heavy atom. The molecule has 0 aliphatic heterocycles. The maximum Gasteiger partial charge on any atom is 0.257 e. The summed E-state index contributed by atoms with van der Waals surface area (Å²) in [5.74, 6) is -0.127. The average Bonchev–Trinajstić information content (AvgIpc) is 2.57. The molecule has 0 unspecified atom stereocenters. The average molecular weight is 223 g/mol. The van der Waals surface area contributed by atoms with Crippen LogP contribution in [0.4, 0.5) is 0 Å². The highest BCUT2D eigenvalue weighted by Gasteiger charge is 2.20. The van der Waals surface area contributed by atoms with Gasteiger partial charge < -0.3 is 10.0 Å². The van der Waals surface area contributed by atoms with E-state index in [1.807, 2.05) is 0 Å². The Hall–Kier alpha value is -1.62. The molecule has 0 spiro atoms. The quantitative estimate of drug-likeness (QED) is 0.720. The van der Waals surface area contributed by atoms with Gasteiger partial charge in [0.1, 0.15) is 0 Å². The maximum atomic E-state index is 12.1. The predicted octanol–water partition coefficient (Wildman–Crippen LogP) is 0.647. The molecule has 1 amide bonds. The predicted molar refractivity (Wildman–Crippen MR) is 61.2 cm³/mol. The molecule has 0 atom stereocenters. The molecule has 0 saturated heterocycles. The Morgan fingerprint density at radius 2 is 2.31 bits per heavy atom. The molecule has 2 N–H and O–H groups in total. The number of rotatable bonds is 5. The first kappa shape index (κ1) is 12.4. The fraction of sp³-hybridized carbons (Fsp3) is 0.455. The van der Waals surface area contributed by atoms with Crippen molar-refractivity contribution >= 4 is 5.91 Å². The fourth-order valence-corrected chi connectivity index (χ4v) is 1.58. The van der Waals surface area contributed by atoms with Crippen LogP contribution in [0.3, 0.4) is 0 Å². The summed E-state index contributed by atoms with van der Waals surface area (Å²) >= 11 is 0. The zero-order valence-electron chi connectivity index (χ0n) is 9.66. The number of nitrogens with zero attached hydrogens (tertiary/aromatic N) is 2. The Bertz CT molecular complexity index is 365. The lowest BCUT2D eigenvalue weighted by Crippen LogP contribution is -2.34. The maximum absolute atomic E-state index is 12.1. The van der Waals surface area contributed by atoms with E-state index >= 15 is 0 Å². The monoisotopic (exact) mass is 223 g/mol. The number of hydrogen-bond acceptors (Lipinski definition) is 3. The number of aryl methyl sites for hydroxylation is 2. The lowest BCUT2D eigenvalue weighted by Gasteiger charge is -2.19. The van der Waals surface area contributed by atoms with Crippen LogP contribution >= 0.6 is 0 Å². The molecule has 1 aromatic rings. The first-order valence-electron chi connectivity index (χ1n) is 5.14. The smallest absolute Gasteiger partial charge is 0.257 e. The molecule has 0 radical (unpaired) electrons. The van der Waals surface area contributed by atoms with Crippen molar-refractivity contribution in [2.75, 3.05) is 19.7 Å². The molecule has 88 valence electrons. The topological polar surface area (TPSA) is 69.2 Å². The van der Waals surface area contributed by atoms with Crippen molar-refractivity contribution in [1.82, 2.24) is 15.1 Å². The van der Waals surface area contributed by atoms with Crippen molar-refractivity contribution < 1.29 is 9.90 Å². The number of carbonyl (C=O) groups is 1. The number of nitrogens with one attached hydrogen (secondary N) is 1. The molecule has 0 aliphatic rings. The highest BCUT2D eigenvalue weighted by atomic mass is 16.3. The Labute approximate surface area is 94.8 Å². The molecular weight excluding hydrogens is 206 g/mol. The van der Waals surface area contributed by atoms with E-state index in [0.717, 1.165) is 5.69 Å². The first-order valence-corrected chi connectivity index (χ1v) is 5.14. The molecule has 0 fully saturated rings. The van der Waals surface area contributed by atoms with E-state index in [-0.39, 0.29) is 12.5 Å². The lowest BCUT2D eigenvalue weighted by molar-refractivity contribution is 0.0741. The second-order valence-corrected chi connectivity index (χ2v) is 3.57. The van der Waals surface area contributed by atoms with Crippen LogP contribution in [0.5, 0.6) is 0 Å². The van der Waals surface area contributed by atoms with Crippen molar-refractivity contribution in [2.45, 2.75) is 13.8 Å². The fourth-order valence-electron chi connectivity index (χ4n) is 1.58. The molecule has 0 aliphatic carbocycles. The van der Waals surface area contributed by atoms with Crippen molar-refractivity contribution in [1.29, 1.82) is 0 Å². The minimum atomic E-state index is -0.127. The van der Waals surface area contributed by atoms with Crippen LogP contribution in [-0.4, -0.2) is 45.8 Å². The molecule has 1 rings (SSSR count). The molecule has 5 heteroatoms. The van der Waals surface area contributed by atoms with Gasteiger partial charge in [-0.15, -0.1) is 6.58 Å². The lowest BCUT2D eigenvalue weighted by atomic mass is 10.1. The first-order chi connectivity index (χ1) is 7.61. The van der Waals surface area contributed by atoms with Crippen LogP contribution in [0.25, 0.3) is 0 Å². The van der Waals surface area contributed by atoms with Gasteiger partial charge in [-0.2, -0.15) is 5.10 Å². The van der Waals surface area contributed by atoms with Gasteiger partial charge in [0.2, 0.25) is 0 Å². The zero-order chi connectivity index (χ0) is 12.1. The summed E-state index contributed by atoms with van der Waals surface area (Å²) in [7, 11) is 0. The van der Waals surface area contributed by atoms with Gasteiger partial charge in [0.15, 0.2) is 0 Å². The van der Waals surface area contributed by atoms with Crippen LogP contribution in [0.1, 0.15) is 21.7 Å². The third kappa shape index (κ3) is 2.49. The molecular formula is C11H17N3O2. The van der Waals surface area contributed by atoms with Gasteiger partial charge in [0.25, 0.3) is 5.91 Å². The van der Waals surface area contributed by atoms with Crippen molar-refractivity contribution in [3.8, 4) is 0 Å². The Kier molecular flexibility index (Phi) is 4.25. The minimum absolute atomic E-state index is 0.0600. The van der Waals surface area contributed by atoms with E-state index in [1.54, 1.807) is 19.9 Å². The van der Waals surface area contributed by atoms with Gasteiger partial charge in [-0.1, -0.05) is 6.08 Å². The van der Waals surface area contributed by atoms with Crippen LogP contribution in [0.15, 0.2) is 12.7 Å². The standard InChI is InChI=1S/C11H17N3O2/c1-4-5-14(6-7-15)11(16)10-8(2)12-13-9(10)3/h4,15H,1,5-7H2,2-3H3,(H,12,13). The summed E-state index contributed by atoms with van der Waals surface area (Å²) in [5.41, 5.74) is 2.00. The second kappa shape index (κ2) is 5.46. The largest absolute Gasteiger partial charge is 0.395 e. The van der Waals surface area contributed by atoms with Gasteiger partial charge in [0, 0.05) is 18.8 Å². The molecule has 1 heterocycles. The van der Waals surface area contributed by atoms with Gasteiger partial charge in [-0.05, 0) is 13.8 Å². The summed E-state index contributed by atoms with van der Waals surface area (Å²) in [5, 5.41) is 15.6. The number of carbonyl (C=O) groups excluding carboxylic acids is 1. The summed E-state index contributed by atoms with van der Waals surface area (Å²) in [6, 6.07) is 0. The molecule has 16 heavy (non-hydrogen) atoms. The highest BCUT2D eigenvalue weighted by Crippen LogP contribution is 2.12. The number of aliphatic hydroxyl groups excluding tert-OH is 1. The Balaban J connectivity index is 2.93. The van der Waals surface area contributed by atoms with Crippen LogP contribution in [0.2, 0.25) is 0 Å². The van der Waals surface area contributed by atoms with Crippen LogP contribution in [0, 0.1) is 13.8 Å². The number of hydrogen-bond donors (Lipinski definition) is 2. The Morgan fingerprint density at radius 1 is 1.62 bits per heavy atom. The highest BCUT2D eigenvalue weighted by molar-refractivity contribution is 5.96. The van der Waals surface area contributed by atoms with Crippen molar-refractivity contribution in [3.05, 3.63) is 29.6 Å². The number of amides is 1. The summed E-state index contributed by atoms with van der Waals surface area (Å²) < 4.78 is 0. The molecule has 0 bridgehead atoms. The third-order valence-corrected chi connectivity index (χ3v) is 2.35. The normalized spacial score (nSPS) is 10.2. The minimum Gasteiger partial charge on any atom is -0.395 e. The van der Waals surface area contributed by atoms with Gasteiger partial charge in [0.05, 0.1) is 17.9 Å². The summed E-state index contributed by atoms with van der Waals surface area (Å²) in [6.45, 7) is 7.84. The summed E-state index contributed by atoms with van der Waals surface area (Å²) in [4.78, 5) is 13.7. The van der Waals surface area contributed by atoms with Crippen LogP contribution in [-0.2, 0) is 0 Å². The molecule has 0 aromatic carbocycles. The number of aromatic amines is 1. The molecule has 0 saturated carbocycles. The van der Waals surface area contributed by atoms with Gasteiger partial charge in [-0.25, -0.2) is 0 Å². The van der Waals surface area contributed by atoms with E-state index in [2.05, 4.69) is 16.8 Å². The number of aromatic nitrogens is 2. The van der Waals surface area contributed by atoms with E-state index in [1.165, 1.54) is 4.90 Å². The SMILES string of the molecule is C=CCN(CCO)C(=O)c1c(C)n[nH]c1C. The van der Waals surface area contributed by atoms with Gasteiger partial charge in [-0.3, -0.25) is 9.89 Å². The van der Waals surface area contributed by atoms with Crippen LogP contribution < -0.4 is 0 Å². The van der Waals surface area contributed by atoms with Crippen molar-refractivity contribution in [3.63, 3.8) is 0 Å². The number of aliphatic hydroxyl groups is 1. The second-order valence-electron chi connectivity index (χ2n) is 3.57. The molecule has 5 nitrogen and oxygen atoms in total. The number of H-pyrrole nitrogens is 1. The van der Waals surface area contributed by atoms with E-state index in [4.69, 9.17) is 5.11 Å². The third-order valence-electron chi connectivity index (χ3n) is 2.35.